The number of nitrogens with one attached hydrogen (secondary N) is 1. The second kappa shape index (κ2) is 7.71. The number of nitrogens with zero attached hydrogens (tertiary/aromatic N) is 1. The normalized spacial score (nSPS) is 14.5. The maximum atomic E-state index is 11.8. The van der Waals surface area contributed by atoms with Crippen molar-refractivity contribution in [3.63, 3.8) is 0 Å². The summed E-state index contributed by atoms with van der Waals surface area (Å²) in [5, 5.41) is 13.3. The van der Waals surface area contributed by atoms with Gasteiger partial charge in [0.05, 0.1) is 4.92 Å². The summed E-state index contributed by atoms with van der Waals surface area (Å²) >= 11 is 0. The molecule has 1 aliphatic rings. The number of nitro groups is 1. The standard InChI is InChI=1S/C16H20N2O5/c1-11-8-13(18(21)22)6-7-14(11)17-15(19)10-23-16(20)9-12-4-2-3-5-12/h6-8,12H,2-5,9-10H2,1H3,(H,17,19). The zero-order valence-corrected chi connectivity index (χ0v) is 13.0. The van der Waals surface area contributed by atoms with E-state index in [1.807, 2.05) is 0 Å². The van der Waals surface area contributed by atoms with Gasteiger partial charge in [-0.05, 0) is 37.3 Å². The van der Waals surface area contributed by atoms with Crippen molar-refractivity contribution < 1.29 is 19.2 Å². The van der Waals surface area contributed by atoms with Crippen LogP contribution in [0.2, 0.25) is 0 Å². The number of benzene rings is 1. The lowest BCUT2D eigenvalue weighted by atomic mass is 10.1. The number of rotatable bonds is 6. The van der Waals surface area contributed by atoms with E-state index in [-0.39, 0.29) is 18.3 Å². The first-order chi connectivity index (χ1) is 11.0. The molecule has 124 valence electrons. The predicted molar refractivity (Wildman–Crippen MR) is 84.0 cm³/mol. The van der Waals surface area contributed by atoms with Crippen LogP contribution in [0.4, 0.5) is 11.4 Å². The number of esters is 1. The lowest BCUT2D eigenvalue weighted by molar-refractivity contribution is -0.384. The Morgan fingerprint density at radius 3 is 2.65 bits per heavy atom. The van der Waals surface area contributed by atoms with Crippen molar-refractivity contribution in [2.75, 3.05) is 11.9 Å². The van der Waals surface area contributed by atoms with Crippen LogP contribution in [0.1, 0.15) is 37.7 Å². The number of hydrogen-bond acceptors (Lipinski definition) is 5. The van der Waals surface area contributed by atoms with Gasteiger partial charge in [0.15, 0.2) is 6.61 Å². The summed E-state index contributed by atoms with van der Waals surface area (Å²) in [5.74, 6) is -0.434. The third-order valence-electron chi connectivity index (χ3n) is 3.99. The zero-order valence-electron chi connectivity index (χ0n) is 13.0. The number of amides is 1. The molecular weight excluding hydrogens is 300 g/mol. The van der Waals surface area contributed by atoms with E-state index in [4.69, 9.17) is 4.74 Å². The highest BCUT2D eigenvalue weighted by Crippen LogP contribution is 2.27. The Morgan fingerprint density at radius 2 is 2.04 bits per heavy atom. The maximum absolute atomic E-state index is 11.8. The average molecular weight is 320 g/mol. The van der Waals surface area contributed by atoms with Gasteiger partial charge in [0.2, 0.25) is 0 Å². The van der Waals surface area contributed by atoms with Crippen molar-refractivity contribution in [1.29, 1.82) is 0 Å². The van der Waals surface area contributed by atoms with Crippen LogP contribution >= 0.6 is 0 Å². The lowest BCUT2D eigenvalue weighted by Crippen LogP contribution is -2.22. The van der Waals surface area contributed by atoms with E-state index in [0.29, 0.717) is 23.6 Å². The molecule has 0 unspecified atom stereocenters. The second-order valence-corrected chi connectivity index (χ2v) is 5.82. The van der Waals surface area contributed by atoms with Crippen LogP contribution < -0.4 is 5.32 Å². The van der Waals surface area contributed by atoms with Crippen LogP contribution in [0.15, 0.2) is 18.2 Å². The Hall–Kier alpha value is -2.44. The number of non-ortho nitro benzene ring substituents is 1. The Kier molecular flexibility index (Phi) is 5.67. The summed E-state index contributed by atoms with van der Waals surface area (Å²) in [6.07, 6.45) is 4.76. The van der Waals surface area contributed by atoms with Crippen LogP contribution in [0.3, 0.4) is 0 Å². The molecule has 0 bridgehead atoms. The fourth-order valence-corrected chi connectivity index (χ4v) is 2.74. The van der Waals surface area contributed by atoms with Gasteiger partial charge >= 0.3 is 5.97 Å². The average Bonchev–Trinajstić information content (AvgIpc) is 3.00. The summed E-state index contributed by atoms with van der Waals surface area (Å²) in [5.41, 5.74) is 1.00. The minimum Gasteiger partial charge on any atom is -0.456 e. The molecule has 2 rings (SSSR count). The molecule has 1 aromatic rings. The van der Waals surface area contributed by atoms with Gasteiger partial charge in [-0.3, -0.25) is 19.7 Å². The van der Waals surface area contributed by atoms with Crippen LogP contribution in [0.25, 0.3) is 0 Å². The molecule has 0 spiro atoms. The van der Waals surface area contributed by atoms with E-state index in [0.717, 1.165) is 25.7 Å². The van der Waals surface area contributed by atoms with Crippen molar-refractivity contribution in [2.45, 2.75) is 39.0 Å². The second-order valence-electron chi connectivity index (χ2n) is 5.82. The summed E-state index contributed by atoms with van der Waals surface area (Å²) < 4.78 is 4.98. The van der Waals surface area contributed by atoms with Crippen LogP contribution in [0.5, 0.6) is 0 Å². The number of ether oxygens (including phenoxy) is 1. The van der Waals surface area contributed by atoms with Crippen molar-refractivity contribution >= 4 is 23.3 Å². The minimum absolute atomic E-state index is 0.0384. The minimum atomic E-state index is -0.497. The first-order valence-corrected chi connectivity index (χ1v) is 7.66. The van der Waals surface area contributed by atoms with Gasteiger partial charge < -0.3 is 10.1 Å². The Morgan fingerprint density at radius 1 is 1.35 bits per heavy atom. The largest absolute Gasteiger partial charge is 0.456 e. The van der Waals surface area contributed by atoms with Gasteiger partial charge in [0, 0.05) is 24.2 Å². The van der Waals surface area contributed by atoms with E-state index in [1.165, 1.54) is 18.2 Å². The highest BCUT2D eigenvalue weighted by molar-refractivity contribution is 5.93. The molecule has 23 heavy (non-hydrogen) atoms. The Labute approximate surface area is 134 Å². The Balaban J connectivity index is 1.80. The highest BCUT2D eigenvalue weighted by Gasteiger charge is 2.20. The summed E-state index contributed by atoms with van der Waals surface area (Å²) in [4.78, 5) is 33.6. The summed E-state index contributed by atoms with van der Waals surface area (Å²) in [7, 11) is 0. The molecule has 0 aliphatic heterocycles. The molecule has 0 saturated heterocycles. The fourth-order valence-electron chi connectivity index (χ4n) is 2.74. The van der Waals surface area contributed by atoms with Gasteiger partial charge in [0.1, 0.15) is 0 Å². The van der Waals surface area contributed by atoms with Crippen LogP contribution in [-0.2, 0) is 14.3 Å². The van der Waals surface area contributed by atoms with Gasteiger partial charge in [-0.15, -0.1) is 0 Å². The van der Waals surface area contributed by atoms with Gasteiger partial charge in [0.25, 0.3) is 11.6 Å². The summed E-state index contributed by atoms with van der Waals surface area (Å²) in [6, 6.07) is 4.15. The molecule has 1 amide bonds. The van der Waals surface area contributed by atoms with E-state index in [9.17, 15) is 19.7 Å². The number of carbonyl (C=O) groups is 2. The molecule has 1 aliphatic carbocycles. The zero-order chi connectivity index (χ0) is 16.8. The van der Waals surface area contributed by atoms with E-state index >= 15 is 0 Å². The summed E-state index contributed by atoms with van der Waals surface area (Å²) in [6.45, 7) is 1.32. The van der Waals surface area contributed by atoms with E-state index in [2.05, 4.69) is 5.32 Å². The van der Waals surface area contributed by atoms with E-state index in [1.54, 1.807) is 6.92 Å². The molecule has 1 aromatic carbocycles. The SMILES string of the molecule is Cc1cc([N+](=O)[O-])ccc1NC(=O)COC(=O)CC1CCCC1. The van der Waals surface area contributed by atoms with Crippen molar-refractivity contribution in [1.82, 2.24) is 0 Å². The topological polar surface area (TPSA) is 98.5 Å². The van der Waals surface area contributed by atoms with Crippen molar-refractivity contribution in [3.05, 3.63) is 33.9 Å². The number of carbonyl (C=O) groups excluding carboxylic acids is 2. The van der Waals surface area contributed by atoms with Crippen LogP contribution in [0, 0.1) is 23.0 Å². The van der Waals surface area contributed by atoms with Crippen LogP contribution in [-0.4, -0.2) is 23.4 Å². The first-order valence-electron chi connectivity index (χ1n) is 7.66. The molecule has 0 aromatic heterocycles. The highest BCUT2D eigenvalue weighted by atomic mass is 16.6. The quantitative estimate of drug-likeness (QED) is 0.493. The molecule has 0 heterocycles. The molecule has 1 saturated carbocycles. The molecule has 1 fully saturated rings. The molecule has 0 radical (unpaired) electrons. The Bertz CT molecular complexity index is 608. The fraction of sp³-hybridized carbons (Fsp3) is 0.500. The van der Waals surface area contributed by atoms with Crippen molar-refractivity contribution in [3.8, 4) is 0 Å². The van der Waals surface area contributed by atoms with Gasteiger partial charge in [-0.1, -0.05) is 12.8 Å². The number of anilines is 1. The molecule has 0 atom stereocenters. The number of aryl methyl sites for hydroxylation is 1. The molecule has 7 heteroatoms. The monoisotopic (exact) mass is 320 g/mol. The molecular formula is C16H20N2O5. The third kappa shape index (κ3) is 5.05. The first kappa shape index (κ1) is 16.9. The lowest BCUT2D eigenvalue weighted by Gasteiger charge is -2.10. The van der Waals surface area contributed by atoms with Crippen molar-refractivity contribution in [2.24, 2.45) is 5.92 Å². The third-order valence-corrected chi connectivity index (χ3v) is 3.99. The van der Waals surface area contributed by atoms with Gasteiger partial charge in [-0.2, -0.15) is 0 Å². The predicted octanol–water partition coefficient (Wildman–Crippen LogP) is 2.97. The number of hydrogen-bond donors (Lipinski definition) is 1. The smallest absolute Gasteiger partial charge is 0.306 e. The van der Waals surface area contributed by atoms with E-state index < -0.39 is 10.8 Å². The maximum Gasteiger partial charge on any atom is 0.306 e. The van der Waals surface area contributed by atoms with Gasteiger partial charge in [-0.25, -0.2) is 0 Å². The molecule has 1 N–H and O–H groups in total. The number of nitro benzene ring substituents is 1. The molecule has 7 nitrogen and oxygen atoms in total.